The highest BCUT2D eigenvalue weighted by Crippen LogP contribution is 2.28. The third kappa shape index (κ3) is 3.06. The summed E-state index contributed by atoms with van der Waals surface area (Å²) in [5, 5.41) is 2.50. The van der Waals surface area contributed by atoms with Crippen LogP contribution in [0.25, 0.3) is 0 Å². The zero-order chi connectivity index (χ0) is 10.7. The minimum atomic E-state index is -2.49. The maximum absolute atomic E-state index is 13.0. The summed E-state index contributed by atoms with van der Waals surface area (Å²) in [7, 11) is 0. The fraction of sp³-hybridized carbons (Fsp3) is 0.250. The molecule has 0 bridgehead atoms. The van der Waals surface area contributed by atoms with Crippen molar-refractivity contribution in [2.45, 2.75) is 6.43 Å². The third-order valence-corrected chi connectivity index (χ3v) is 2.78. The van der Waals surface area contributed by atoms with Crippen LogP contribution in [0.3, 0.4) is 0 Å². The fourth-order valence-corrected chi connectivity index (χ4v) is 1.29. The Hall–Kier alpha value is -0.420. The highest BCUT2D eigenvalue weighted by Gasteiger charge is 2.08. The van der Waals surface area contributed by atoms with Gasteiger partial charge in [0.15, 0.2) is 0 Å². The molecule has 0 spiro atoms. The van der Waals surface area contributed by atoms with Crippen molar-refractivity contribution in [2.75, 3.05) is 11.9 Å². The van der Waals surface area contributed by atoms with Gasteiger partial charge in [0, 0.05) is 5.69 Å². The van der Waals surface area contributed by atoms with Gasteiger partial charge >= 0.3 is 0 Å². The number of hydrogen-bond donors (Lipinski definition) is 1. The van der Waals surface area contributed by atoms with E-state index >= 15 is 0 Å². The first-order chi connectivity index (χ1) is 6.50. The van der Waals surface area contributed by atoms with Crippen LogP contribution in [0.5, 0.6) is 0 Å². The first-order valence-corrected chi connectivity index (χ1v) is 4.84. The van der Waals surface area contributed by atoms with Gasteiger partial charge < -0.3 is 5.32 Å². The van der Waals surface area contributed by atoms with Crippen molar-refractivity contribution < 1.29 is 13.2 Å². The van der Waals surface area contributed by atoms with Crippen LogP contribution in [0.4, 0.5) is 18.9 Å². The average Bonchev–Trinajstić information content (AvgIpc) is 2.10. The molecule has 0 aliphatic heterocycles. The van der Waals surface area contributed by atoms with E-state index in [1.165, 1.54) is 6.07 Å². The van der Waals surface area contributed by atoms with Gasteiger partial charge in [-0.1, -0.05) is 11.6 Å². The lowest BCUT2D eigenvalue weighted by atomic mass is 10.3. The molecule has 0 unspecified atom stereocenters. The number of nitrogens with one attached hydrogen (secondary N) is 1. The second kappa shape index (κ2) is 4.89. The molecule has 1 aromatic carbocycles. The molecule has 0 amide bonds. The smallest absolute Gasteiger partial charge is 0.255 e. The summed E-state index contributed by atoms with van der Waals surface area (Å²) in [4.78, 5) is 0. The van der Waals surface area contributed by atoms with Gasteiger partial charge in [0.1, 0.15) is 5.82 Å². The summed E-state index contributed by atoms with van der Waals surface area (Å²) in [5.74, 6) is -0.589. The molecule has 78 valence electrons. The molecule has 0 aliphatic carbocycles. The van der Waals surface area contributed by atoms with Crippen LogP contribution in [0.1, 0.15) is 0 Å². The molecule has 0 atom stereocenters. The van der Waals surface area contributed by atoms with Crippen LogP contribution >= 0.6 is 27.5 Å². The summed E-state index contributed by atoms with van der Waals surface area (Å²) in [5.41, 5.74) is 0.232. The number of rotatable bonds is 3. The molecule has 0 fully saturated rings. The molecule has 1 rings (SSSR count). The van der Waals surface area contributed by atoms with E-state index in [-0.39, 0.29) is 15.2 Å². The van der Waals surface area contributed by atoms with Crippen LogP contribution in [0.15, 0.2) is 16.6 Å². The quantitative estimate of drug-likeness (QED) is 0.831. The van der Waals surface area contributed by atoms with Gasteiger partial charge in [-0.15, -0.1) is 0 Å². The van der Waals surface area contributed by atoms with Crippen molar-refractivity contribution in [1.82, 2.24) is 0 Å². The minimum absolute atomic E-state index is 0.127. The van der Waals surface area contributed by atoms with Crippen LogP contribution < -0.4 is 5.32 Å². The van der Waals surface area contributed by atoms with Crippen molar-refractivity contribution in [3.05, 3.63) is 27.4 Å². The van der Waals surface area contributed by atoms with Crippen molar-refractivity contribution in [1.29, 1.82) is 0 Å². The van der Waals surface area contributed by atoms with Gasteiger partial charge in [-0.05, 0) is 28.1 Å². The first kappa shape index (κ1) is 11.7. The molecule has 0 saturated carbocycles. The van der Waals surface area contributed by atoms with Gasteiger partial charge in [0.05, 0.1) is 16.0 Å². The Balaban J connectivity index is 2.79. The standard InChI is InChI=1S/C8H6BrClF3N/c9-8-5(10)1-4(2-6(8)11)14-3-7(12)13/h1-2,7,14H,3H2. The van der Waals surface area contributed by atoms with Crippen molar-refractivity contribution in [2.24, 2.45) is 0 Å². The lowest BCUT2D eigenvalue weighted by molar-refractivity contribution is 0.163. The zero-order valence-corrected chi connectivity index (χ0v) is 9.17. The third-order valence-electron chi connectivity index (χ3n) is 1.44. The second-order valence-electron chi connectivity index (χ2n) is 2.53. The van der Waals surface area contributed by atoms with E-state index in [4.69, 9.17) is 11.6 Å². The molecule has 0 aromatic heterocycles. The summed E-state index contributed by atoms with van der Waals surface area (Å²) >= 11 is 8.53. The van der Waals surface area contributed by atoms with E-state index in [2.05, 4.69) is 21.2 Å². The highest BCUT2D eigenvalue weighted by molar-refractivity contribution is 9.10. The van der Waals surface area contributed by atoms with Crippen LogP contribution in [0.2, 0.25) is 5.02 Å². The molecular weight excluding hydrogens is 282 g/mol. The van der Waals surface area contributed by atoms with Crippen LogP contribution in [-0.4, -0.2) is 13.0 Å². The Morgan fingerprint density at radius 3 is 2.57 bits per heavy atom. The van der Waals surface area contributed by atoms with Gasteiger partial charge in [-0.3, -0.25) is 0 Å². The monoisotopic (exact) mass is 287 g/mol. The normalized spacial score (nSPS) is 10.7. The molecule has 1 nitrogen and oxygen atoms in total. The van der Waals surface area contributed by atoms with E-state index in [0.717, 1.165) is 6.07 Å². The molecule has 0 heterocycles. The number of alkyl halides is 2. The van der Waals surface area contributed by atoms with E-state index < -0.39 is 18.8 Å². The number of halogens is 5. The number of anilines is 1. The molecule has 6 heteroatoms. The topological polar surface area (TPSA) is 12.0 Å². The average molecular weight is 288 g/mol. The Morgan fingerprint density at radius 2 is 2.07 bits per heavy atom. The molecule has 1 aromatic rings. The Kier molecular flexibility index (Phi) is 4.07. The molecule has 0 aliphatic rings. The van der Waals surface area contributed by atoms with E-state index in [9.17, 15) is 13.2 Å². The van der Waals surface area contributed by atoms with Crippen molar-refractivity contribution in [3.63, 3.8) is 0 Å². The second-order valence-corrected chi connectivity index (χ2v) is 3.73. The largest absolute Gasteiger partial charge is 0.379 e. The number of hydrogen-bond acceptors (Lipinski definition) is 1. The maximum Gasteiger partial charge on any atom is 0.255 e. The van der Waals surface area contributed by atoms with Gasteiger partial charge in [0.25, 0.3) is 6.43 Å². The highest BCUT2D eigenvalue weighted by atomic mass is 79.9. The van der Waals surface area contributed by atoms with E-state index in [1.807, 2.05) is 0 Å². The molecule has 14 heavy (non-hydrogen) atoms. The molecule has 1 N–H and O–H groups in total. The van der Waals surface area contributed by atoms with E-state index in [1.54, 1.807) is 0 Å². The molecule has 0 saturated heterocycles. The summed E-state index contributed by atoms with van der Waals surface area (Å²) in [6.45, 7) is -0.530. The summed E-state index contributed by atoms with van der Waals surface area (Å²) in [6, 6.07) is 2.47. The lowest BCUT2D eigenvalue weighted by Gasteiger charge is -2.07. The van der Waals surface area contributed by atoms with Crippen molar-refractivity contribution in [3.8, 4) is 0 Å². The Morgan fingerprint density at radius 1 is 1.43 bits per heavy atom. The number of benzene rings is 1. The molecule has 0 radical (unpaired) electrons. The molecular formula is C8H6BrClF3N. The lowest BCUT2D eigenvalue weighted by Crippen LogP contribution is -2.10. The van der Waals surface area contributed by atoms with Crippen molar-refractivity contribution >= 4 is 33.2 Å². The Bertz CT molecular complexity index is 309. The van der Waals surface area contributed by atoms with Crippen LogP contribution in [0, 0.1) is 5.82 Å². The SMILES string of the molecule is Fc1cc(NCC(F)F)cc(Cl)c1Br. The van der Waals surface area contributed by atoms with E-state index in [0.29, 0.717) is 0 Å². The predicted octanol–water partition coefficient (Wildman–Crippen LogP) is 3.92. The summed E-state index contributed by atoms with van der Waals surface area (Å²) < 4.78 is 36.7. The van der Waals surface area contributed by atoms with Crippen LogP contribution in [-0.2, 0) is 0 Å². The first-order valence-electron chi connectivity index (χ1n) is 3.67. The summed E-state index contributed by atoms with van der Waals surface area (Å²) in [6.07, 6.45) is -2.49. The maximum atomic E-state index is 13.0. The fourth-order valence-electron chi connectivity index (χ4n) is 0.853. The zero-order valence-electron chi connectivity index (χ0n) is 6.83. The van der Waals surface area contributed by atoms with Gasteiger partial charge in [0.2, 0.25) is 0 Å². The minimum Gasteiger partial charge on any atom is -0.379 e. The van der Waals surface area contributed by atoms with Gasteiger partial charge in [-0.25, -0.2) is 13.2 Å². The van der Waals surface area contributed by atoms with Gasteiger partial charge in [-0.2, -0.15) is 0 Å². The Labute approximate surface area is 92.4 Å². The predicted molar refractivity (Wildman–Crippen MR) is 53.6 cm³/mol.